The van der Waals surface area contributed by atoms with E-state index in [9.17, 15) is 4.79 Å². The molecule has 128 valence electrons. The zero-order valence-corrected chi connectivity index (χ0v) is 15.1. The van der Waals surface area contributed by atoms with Crippen molar-refractivity contribution in [3.63, 3.8) is 0 Å². The van der Waals surface area contributed by atoms with Gasteiger partial charge in [-0.05, 0) is 31.2 Å². The monoisotopic (exact) mass is 386 g/mol. The Labute approximate surface area is 156 Å². The molecule has 1 aliphatic heterocycles. The van der Waals surface area contributed by atoms with Gasteiger partial charge in [-0.3, -0.25) is 4.79 Å². The summed E-state index contributed by atoms with van der Waals surface area (Å²) in [6, 6.07) is 5.14. The Hall–Kier alpha value is -1.53. The number of hydrogen-bond acceptors (Lipinski definition) is 3. The van der Waals surface area contributed by atoms with Crippen LogP contribution in [0.25, 0.3) is 5.69 Å². The summed E-state index contributed by atoms with van der Waals surface area (Å²) in [7, 11) is 0. The SMILES string of the molecule is Cl.O=C(NCC1=CCNCC1)c1cnn(-c2ccc(Cl)cc2Cl)c1. The van der Waals surface area contributed by atoms with Crippen LogP contribution in [0.4, 0.5) is 0 Å². The van der Waals surface area contributed by atoms with Gasteiger partial charge >= 0.3 is 0 Å². The van der Waals surface area contributed by atoms with Crippen molar-refractivity contribution in [2.75, 3.05) is 19.6 Å². The molecule has 0 radical (unpaired) electrons. The Balaban J connectivity index is 0.00000208. The number of carbonyl (C=O) groups is 1. The Bertz CT molecular complexity index is 758. The molecule has 2 N–H and O–H groups in total. The Morgan fingerprint density at radius 1 is 1.38 bits per heavy atom. The molecule has 3 rings (SSSR count). The highest BCUT2D eigenvalue weighted by Gasteiger charge is 2.12. The first-order valence-corrected chi connectivity index (χ1v) is 8.06. The van der Waals surface area contributed by atoms with Crippen molar-refractivity contribution in [3.05, 3.63) is 57.9 Å². The van der Waals surface area contributed by atoms with Crippen LogP contribution in [0.3, 0.4) is 0 Å². The van der Waals surface area contributed by atoms with Crippen LogP contribution >= 0.6 is 35.6 Å². The van der Waals surface area contributed by atoms with Gasteiger partial charge in [-0.15, -0.1) is 12.4 Å². The minimum Gasteiger partial charge on any atom is -0.348 e. The van der Waals surface area contributed by atoms with Gasteiger partial charge in [0, 0.05) is 24.3 Å². The predicted octanol–water partition coefficient (Wildman–Crippen LogP) is 3.25. The Kier molecular flexibility index (Phi) is 6.69. The number of rotatable bonds is 4. The van der Waals surface area contributed by atoms with Crippen molar-refractivity contribution in [1.82, 2.24) is 20.4 Å². The maximum absolute atomic E-state index is 12.2. The predicted molar refractivity (Wildman–Crippen MR) is 98.7 cm³/mol. The molecular formula is C16H17Cl3N4O. The van der Waals surface area contributed by atoms with Gasteiger partial charge in [0.2, 0.25) is 0 Å². The molecule has 0 aliphatic carbocycles. The number of carbonyl (C=O) groups excluding carboxylic acids is 1. The Morgan fingerprint density at radius 2 is 2.21 bits per heavy atom. The quantitative estimate of drug-likeness (QED) is 0.792. The summed E-state index contributed by atoms with van der Waals surface area (Å²) < 4.78 is 1.57. The molecule has 0 unspecified atom stereocenters. The summed E-state index contributed by atoms with van der Waals surface area (Å²) in [6.07, 6.45) is 6.25. The van der Waals surface area contributed by atoms with Crippen LogP contribution in [0.5, 0.6) is 0 Å². The van der Waals surface area contributed by atoms with Crippen LogP contribution in [-0.2, 0) is 0 Å². The molecule has 8 heteroatoms. The first kappa shape index (κ1) is 18.8. The number of hydrogen-bond donors (Lipinski definition) is 2. The van der Waals surface area contributed by atoms with Crippen molar-refractivity contribution in [2.24, 2.45) is 0 Å². The average Bonchev–Trinajstić information content (AvgIpc) is 3.03. The summed E-state index contributed by atoms with van der Waals surface area (Å²) in [6.45, 7) is 2.38. The molecule has 0 fully saturated rings. The number of aromatic nitrogens is 2. The van der Waals surface area contributed by atoms with Crippen molar-refractivity contribution >= 4 is 41.5 Å². The maximum Gasteiger partial charge on any atom is 0.254 e. The molecule has 0 atom stereocenters. The van der Waals surface area contributed by atoms with E-state index in [4.69, 9.17) is 23.2 Å². The van der Waals surface area contributed by atoms with Crippen LogP contribution in [0, 0.1) is 0 Å². The molecule has 0 bridgehead atoms. The fraction of sp³-hybridized carbons (Fsp3) is 0.250. The highest BCUT2D eigenvalue weighted by Crippen LogP contribution is 2.24. The number of amides is 1. The molecule has 0 spiro atoms. The van der Waals surface area contributed by atoms with Crippen LogP contribution < -0.4 is 10.6 Å². The molecule has 0 saturated heterocycles. The molecule has 5 nitrogen and oxygen atoms in total. The fourth-order valence-electron chi connectivity index (χ4n) is 2.36. The molecule has 1 aliphatic rings. The minimum atomic E-state index is -0.152. The molecule has 1 aromatic heterocycles. The summed E-state index contributed by atoms with van der Waals surface area (Å²) in [5.74, 6) is -0.152. The third kappa shape index (κ3) is 4.51. The second-order valence-electron chi connectivity index (χ2n) is 5.27. The number of nitrogens with one attached hydrogen (secondary N) is 2. The lowest BCUT2D eigenvalue weighted by molar-refractivity contribution is 0.0956. The normalized spacial score (nSPS) is 13.8. The largest absolute Gasteiger partial charge is 0.348 e. The van der Waals surface area contributed by atoms with Crippen LogP contribution in [0.2, 0.25) is 10.0 Å². The van der Waals surface area contributed by atoms with E-state index in [2.05, 4.69) is 21.8 Å². The molecule has 2 aromatic rings. The maximum atomic E-state index is 12.2. The summed E-state index contributed by atoms with van der Waals surface area (Å²) in [4.78, 5) is 12.2. The lowest BCUT2D eigenvalue weighted by Gasteiger charge is -2.14. The number of halogens is 3. The van der Waals surface area contributed by atoms with Crippen molar-refractivity contribution in [3.8, 4) is 5.69 Å². The van der Waals surface area contributed by atoms with E-state index in [1.807, 2.05) is 0 Å². The highest BCUT2D eigenvalue weighted by atomic mass is 35.5. The summed E-state index contributed by atoms with van der Waals surface area (Å²) >= 11 is 12.0. The van der Waals surface area contributed by atoms with Gasteiger partial charge in [-0.25, -0.2) is 4.68 Å². The molecule has 1 aromatic carbocycles. The topological polar surface area (TPSA) is 59.0 Å². The zero-order chi connectivity index (χ0) is 16.2. The first-order chi connectivity index (χ1) is 11.1. The van der Waals surface area contributed by atoms with Crippen LogP contribution in [0.15, 0.2) is 42.2 Å². The van der Waals surface area contributed by atoms with Crippen molar-refractivity contribution in [2.45, 2.75) is 6.42 Å². The molecular weight excluding hydrogens is 371 g/mol. The van der Waals surface area contributed by atoms with E-state index in [-0.39, 0.29) is 18.3 Å². The summed E-state index contributed by atoms with van der Waals surface area (Å²) in [5, 5.41) is 11.4. The third-order valence-electron chi connectivity index (χ3n) is 3.64. The molecule has 0 saturated carbocycles. The minimum absolute atomic E-state index is 0. The van der Waals surface area contributed by atoms with Gasteiger partial charge in [0.25, 0.3) is 5.91 Å². The van der Waals surface area contributed by atoms with Crippen LogP contribution in [0.1, 0.15) is 16.8 Å². The number of benzene rings is 1. The van der Waals surface area contributed by atoms with Gasteiger partial charge in [-0.1, -0.05) is 34.9 Å². The second kappa shape index (κ2) is 8.53. The molecule has 1 amide bonds. The average molecular weight is 388 g/mol. The van der Waals surface area contributed by atoms with Crippen molar-refractivity contribution in [1.29, 1.82) is 0 Å². The Morgan fingerprint density at radius 3 is 2.92 bits per heavy atom. The van der Waals surface area contributed by atoms with Gasteiger partial charge in [0.05, 0.1) is 22.5 Å². The third-order valence-corrected chi connectivity index (χ3v) is 4.17. The van der Waals surface area contributed by atoms with Gasteiger partial charge < -0.3 is 10.6 Å². The lowest BCUT2D eigenvalue weighted by atomic mass is 10.1. The van der Waals surface area contributed by atoms with E-state index in [1.54, 1.807) is 29.1 Å². The van der Waals surface area contributed by atoms with E-state index in [0.717, 1.165) is 19.5 Å². The van der Waals surface area contributed by atoms with E-state index >= 15 is 0 Å². The van der Waals surface area contributed by atoms with Crippen LogP contribution in [-0.4, -0.2) is 35.3 Å². The highest BCUT2D eigenvalue weighted by molar-refractivity contribution is 6.35. The first-order valence-electron chi connectivity index (χ1n) is 7.30. The lowest BCUT2D eigenvalue weighted by Crippen LogP contribution is -2.29. The standard InChI is InChI=1S/C16H16Cl2N4O.ClH/c17-13-1-2-15(14(18)7-13)22-10-12(9-21-22)16(23)20-8-11-3-5-19-6-4-11;/h1-3,7,9-10,19H,4-6,8H2,(H,20,23);1H. The smallest absolute Gasteiger partial charge is 0.254 e. The molecule has 24 heavy (non-hydrogen) atoms. The van der Waals surface area contributed by atoms with E-state index in [1.165, 1.54) is 11.8 Å². The van der Waals surface area contributed by atoms with Crippen molar-refractivity contribution < 1.29 is 4.79 Å². The second-order valence-corrected chi connectivity index (χ2v) is 6.11. The van der Waals surface area contributed by atoms with Gasteiger partial charge in [0.1, 0.15) is 0 Å². The van der Waals surface area contributed by atoms with Gasteiger partial charge in [-0.2, -0.15) is 5.10 Å². The fourth-order valence-corrected chi connectivity index (χ4v) is 2.86. The number of nitrogens with zero attached hydrogens (tertiary/aromatic N) is 2. The zero-order valence-electron chi connectivity index (χ0n) is 12.8. The molecule has 2 heterocycles. The van der Waals surface area contributed by atoms with E-state index in [0.29, 0.717) is 27.8 Å². The van der Waals surface area contributed by atoms with E-state index < -0.39 is 0 Å². The van der Waals surface area contributed by atoms with Gasteiger partial charge in [0.15, 0.2) is 0 Å². The summed E-state index contributed by atoms with van der Waals surface area (Å²) in [5.41, 5.74) is 2.41.